The number of rotatable bonds is 7. The Balaban J connectivity index is 0.969. The Labute approximate surface area is 252 Å². The zero-order valence-electron chi connectivity index (χ0n) is 24.1. The van der Waals surface area contributed by atoms with E-state index in [2.05, 4.69) is 15.2 Å². The van der Waals surface area contributed by atoms with E-state index in [1.54, 1.807) is 36.7 Å². The van der Waals surface area contributed by atoms with Crippen molar-refractivity contribution in [2.75, 3.05) is 37.6 Å². The van der Waals surface area contributed by atoms with Gasteiger partial charge < -0.3 is 24.3 Å². The highest BCUT2D eigenvalue weighted by molar-refractivity contribution is 5.96. The normalized spacial score (nSPS) is 16.7. The summed E-state index contributed by atoms with van der Waals surface area (Å²) in [6.45, 7) is 3.14. The number of piperidine rings is 2. The minimum Gasteiger partial charge on any atom is -0.490 e. The summed E-state index contributed by atoms with van der Waals surface area (Å²) in [5.41, 5.74) is 1.33. The van der Waals surface area contributed by atoms with Crippen LogP contribution in [0.1, 0.15) is 52.2 Å². The molecule has 2 aromatic heterocycles. The maximum absolute atomic E-state index is 12.9. The van der Waals surface area contributed by atoms with Crippen LogP contribution in [0.25, 0.3) is 11.0 Å². The number of halogens is 3. The van der Waals surface area contributed by atoms with Crippen LogP contribution in [-0.4, -0.2) is 60.5 Å². The van der Waals surface area contributed by atoms with E-state index in [4.69, 9.17) is 9.15 Å². The van der Waals surface area contributed by atoms with Crippen LogP contribution in [0, 0.1) is 5.92 Å². The lowest BCUT2D eigenvalue weighted by Crippen LogP contribution is -2.41. The van der Waals surface area contributed by atoms with Crippen LogP contribution < -0.4 is 15.0 Å². The largest absolute Gasteiger partial charge is 0.490 e. The molecular formula is C33H33F3N4O4. The number of aromatic nitrogens is 1. The monoisotopic (exact) mass is 606 g/mol. The number of nitrogens with zero attached hydrogens (tertiary/aromatic N) is 3. The van der Waals surface area contributed by atoms with E-state index in [9.17, 15) is 22.8 Å². The van der Waals surface area contributed by atoms with Crippen LogP contribution in [0.15, 0.2) is 77.5 Å². The molecule has 0 radical (unpaired) electrons. The predicted octanol–water partition coefficient (Wildman–Crippen LogP) is 6.18. The standard InChI is InChI=1S/C33H33F3N4O4/c34-33(35,36)25-1-3-26(4-2-25)39-17-11-27(12-18-39)43-28-5-6-29-24(19-28)20-30(44-29)31(41)38-21-22-9-15-40(16-10-22)32(42)23-7-13-37-14-8-23/h1-8,13-14,19-20,22,27H,9-12,15-18,21H2,(H,38,41). The second-order valence-electron chi connectivity index (χ2n) is 11.3. The summed E-state index contributed by atoms with van der Waals surface area (Å²) in [5, 5.41) is 3.74. The van der Waals surface area contributed by atoms with Gasteiger partial charge in [0.15, 0.2) is 5.76 Å². The van der Waals surface area contributed by atoms with E-state index in [0.717, 1.165) is 48.9 Å². The van der Waals surface area contributed by atoms with Crippen molar-refractivity contribution in [1.29, 1.82) is 0 Å². The van der Waals surface area contributed by atoms with Crippen LogP contribution in [0.4, 0.5) is 18.9 Å². The van der Waals surface area contributed by atoms with Gasteiger partial charge in [0.2, 0.25) is 0 Å². The van der Waals surface area contributed by atoms with Crippen molar-refractivity contribution in [2.45, 2.75) is 38.0 Å². The van der Waals surface area contributed by atoms with Crippen LogP contribution in [0.3, 0.4) is 0 Å². The van der Waals surface area contributed by atoms with Gasteiger partial charge in [-0.25, -0.2) is 0 Å². The van der Waals surface area contributed by atoms with E-state index in [1.165, 1.54) is 12.1 Å². The molecule has 2 fully saturated rings. The quantitative estimate of drug-likeness (QED) is 0.271. The lowest BCUT2D eigenvalue weighted by atomic mass is 9.96. The van der Waals surface area contributed by atoms with Gasteiger partial charge in [-0.15, -0.1) is 0 Å². The van der Waals surface area contributed by atoms with Gasteiger partial charge in [0.1, 0.15) is 17.4 Å². The summed E-state index contributed by atoms with van der Waals surface area (Å²) in [4.78, 5) is 33.4. The number of fused-ring (bicyclic) bond motifs is 1. The minimum atomic E-state index is -4.34. The van der Waals surface area contributed by atoms with Crippen molar-refractivity contribution < 1.29 is 31.9 Å². The van der Waals surface area contributed by atoms with E-state index in [1.807, 2.05) is 17.0 Å². The molecule has 2 aromatic carbocycles. The molecule has 6 rings (SSSR count). The summed E-state index contributed by atoms with van der Waals surface area (Å²) >= 11 is 0. The fourth-order valence-electron chi connectivity index (χ4n) is 5.83. The predicted molar refractivity (Wildman–Crippen MR) is 159 cm³/mol. The average molecular weight is 607 g/mol. The molecule has 230 valence electrons. The molecule has 0 bridgehead atoms. The van der Waals surface area contributed by atoms with Gasteiger partial charge in [-0.05, 0) is 79.4 Å². The van der Waals surface area contributed by atoms with Gasteiger partial charge in [0.25, 0.3) is 11.8 Å². The molecule has 11 heteroatoms. The second-order valence-corrected chi connectivity index (χ2v) is 11.3. The van der Waals surface area contributed by atoms with E-state index < -0.39 is 11.7 Å². The number of amides is 2. The molecule has 0 unspecified atom stereocenters. The molecule has 0 spiro atoms. The number of nitrogens with one attached hydrogen (secondary N) is 1. The molecule has 2 aliphatic rings. The summed E-state index contributed by atoms with van der Waals surface area (Å²) < 4.78 is 50.6. The maximum atomic E-state index is 12.9. The van der Waals surface area contributed by atoms with Gasteiger partial charge in [0, 0.05) is 74.6 Å². The van der Waals surface area contributed by atoms with Gasteiger partial charge in [-0.2, -0.15) is 13.2 Å². The number of hydrogen-bond donors (Lipinski definition) is 1. The second kappa shape index (κ2) is 12.6. The number of carbonyl (C=O) groups is 2. The van der Waals surface area contributed by atoms with E-state index in [-0.39, 0.29) is 29.6 Å². The first-order valence-corrected chi connectivity index (χ1v) is 14.8. The van der Waals surface area contributed by atoms with Crippen LogP contribution >= 0.6 is 0 Å². The molecule has 0 atom stereocenters. The van der Waals surface area contributed by atoms with Crippen molar-refractivity contribution in [3.05, 3.63) is 89.9 Å². The zero-order chi connectivity index (χ0) is 30.7. The molecular weight excluding hydrogens is 573 g/mol. The van der Waals surface area contributed by atoms with Gasteiger partial charge in [-0.3, -0.25) is 14.6 Å². The Morgan fingerprint density at radius 3 is 2.30 bits per heavy atom. The topological polar surface area (TPSA) is 87.9 Å². The molecule has 2 saturated heterocycles. The third-order valence-corrected chi connectivity index (χ3v) is 8.40. The third-order valence-electron chi connectivity index (χ3n) is 8.40. The highest BCUT2D eigenvalue weighted by Gasteiger charge is 2.30. The molecule has 0 aliphatic carbocycles. The van der Waals surface area contributed by atoms with Crippen LogP contribution in [0.5, 0.6) is 5.75 Å². The molecule has 2 aliphatic heterocycles. The van der Waals surface area contributed by atoms with E-state index >= 15 is 0 Å². The molecule has 44 heavy (non-hydrogen) atoms. The number of alkyl halides is 3. The highest BCUT2D eigenvalue weighted by Crippen LogP contribution is 2.32. The Kier molecular flexibility index (Phi) is 8.45. The van der Waals surface area contributed by atoms with Crippen molar-refractivity contribution >= 4 is 28.5 Å². The Hall–Kier alpha value is -4.54. The molecule has 4 aromatic rings. The lowest BCUT2D eigenvalue weighted by Gasteiger charge is -2.33. The van der Waals surface area contributed by atoms with Crippen molar-refractivity contribution in [3.8, 4) is 5.75 Å². The summed E-state index contributed by atoms with van der Waals surface area (Å²) in [7, 11) is 0. The van der Waals surface area contributed by atoms with Gasteiger partial charge >= 0.3 is 6.18 Å². The maximum Gasteiger partial charge on any atom is 0.416 e. The Morgan fingerprint density at radius 1 is 0.909 bits per heavy atom. The van der Waals surface area contributed by atoms with Crippen molar-refractivity contribution in [2.24, 2.45) is 5.92 Å². The number of likely N-dealkylation sites (tertiary alicyclic amines) is 1. The number of carbonyl (C=O) groups excluding carboxylic acids is 2. The first kappa shape index (κ1) is 29.5. The van der Waals surface area contributed by atoms with Gasteiger partial charge in [0.05, 0.1) is 5.56 Å². The number of hydrogen-bond acceptors (Lipinski definition) is 6. The number of benzene rings is 2. The van der Waals surface area contributed by atoms with Crippen LogP contribution in [-0.2, 0) is 6.18 Å². The van der Waals surface area contributed by atoms with Crippen molar-refractivity contribution in [1.82, 2.24) is 15.2 Å². The number of anilines is 1. The van der Waals surface area contributed by atoms with Gasteiger partial charge in [-0.1, -0.05) is 0 Å². The average Bonchev–Trinajstić information content (AvgIpc) is 3.48. The third kappa shape index (κ3) is 6.82. The molecule has 2 amide bonds. The minimum absolute atomic E-state index is 0.00382. The Bertz CT molecular complexity index is 1590. The zero-order valence-corrected chi connectivity index (χ0v) is 24.1. The summed E-state index contributed by atoms with van der Waals surface area (Å²) in [6, 6.07) is 15.9. The lowest BCUT2D eigenvalue weighted by molar-refractivity contribution is -0.137. The number of ether oxygens (including phenoxy) is 1. The summed E-state index contributed by atoms with van der Waals surface area (Å²) in [5.74, 6) is 0.896. The van der Waals surface area contributed by atoms with E-state index in [0.29, 0.717) is 49.6 Å². The molecule has 8 nitrogen and oxygen atoms in total. The first-order valence-electron chi connectivity index (χ1n) is 14.8. The SMILES string of the molecule is O=C(NCC1CCN(C(=O)c2ccncc2)CC1)c1cc2cc(OC3CCN(c4ccc(C(F)(F)F)cc4)CC3)ccc2o1. The molecule has 4 heterocycles. The Morgan fingerprint density at radius 2 is 1.61 bits per heavy atom. The summed E-state index contributed by atoms with van der Waals surface area (Å²) in [6.07, 6.45) is 1.93. The fourth-order valence-corrected chi connectivity index (χ4v) is 5.83. The molecule has 1 N–H and O–H groups in total. The highest BCUT2D eigenvalue weighted by atomic mass is 19.4. The van der Waals surface area contributed by atoms with Crippen LogP contribution in [0.2, 0.25) is 0 Å². The number of furan rings is 1. The fraction of sp³-hybridized carbons (Fsp3) is 0.364. The smallest absolute Gasteiger partial charge is 0.416 e. The number of pyridine rings is 1. The van der Waals surface area contributed by atoms with Crippen molar-refractivity contribution in [3.63, 3.8) is 0 Å². The first-order chi connectivity index (χ1) is 21.2. The molecule has 0 saturated carbocycles.